The maximum Gasteiger partial charge on any atom is 0.273 e. The molecule has 0 spiro atoms. The average molecular weight is 269 g/mol. The second-order valence-corrected chi connectivity index (χ2v) is 4.50. The number of oxazole rings is 1. The van der Waals surface area contributed by atoms with E-state index in [4.69, 9.17) is 10.2 Å². The van der Waals surface area contributed by atoms with Crippen LogP contribution in [-0.4, -0.2) is 9.91 Å². The third kappa shape index (κ3) is 1.97. The van der Waals surface area contributed by atoms with Crippen molar-refractivity contribution in [3.63, 3.8) is 0 Å². The Morgan fingerprint density at radius 3 is 2.75 bits per heavy atom. The molecule has 0 aliphatic carbocycles. The lowest BCUT2D eigenvalue weighted by atomic mass is 10.1. The van der Waals surface area contributed by atoms with Gasteiger partial charge >= 0.3 is 0 Å². The Morgan fingerprint density at radius 1 is 1.25 bits per heavy atom. The van der Waals surface area contributed by atoms with Crippen molar-refractivity contribution in [2.24, 2.45) is 0 Å². The molecule has 2 aromatic carbocycles. The number of fused-ring (bicyclic) bond motifs is 1. The van der Waals surface area contributed by atoms with Gasteiger partial charge in [-0.3, -0.25) is 10.1 Å². The van der Waals surface area contributed by atoms with Crippen LogP contribution in [0.2, 0.25) is 0 Å². The van der Waals surface area contributed by atoms with Gasteiger partial charge in [0, 0.05) is 17.3 Å². The summed E-state index contributed by atoms with van der Waals surface area (Å²) in [4.78, 5) is 14.6. The summed E-state index contributed by atoms with van der Waals surface area (Å²) in [5.74, 6) is 0.396. The van der Waals surface area contributed by atoms with Gasteiger partial charge in [-0.05, 0) is 30.7 Å². The van der Waals surface area contributed by atoms with Crippen molar-refractivity contribution in [3.8, 4) is 11.5 Å². The van der Waals surface area contributed by atoms with Gasteiger partial charge in [-0.15, -0.1) is 0 Å². The summed E-state index contributed by atoms with van der Waals surface area (Å²) in [6.07, 6.45) is 0. The Balaban J connectivity index is 2.12. The van der Waals surface area contributed by atoms with Crippen molar-refractivity contribution in [2.45, 2.75) is 6.92 Å². The molecule has 1 heterocycles. The van der Waals surface area contributed by atoms with Crippen LogP contribution < -0.4 is 5.73 Å². The first kappa shape index (κ1) is 12.2. The average Bonchev–Trinajstić information content (AvgIpc) is 2.84. The summed E-state index contributed by atoms with van der Waals surface area (Å²) in [6, 6.07) is 9.83. The van der Waals surface area contributed by atoms with Gasteiger partial charge in [-0.1, -0.05) is 6.07 Å². The number of nitrogen functional groups attached to an aromatic ring is 1. The molecule has 100 valence electrons. The topological polar surface area (TPSA) is 95.2 Å². The molecule has 6 nitrogen and oxygen atoms in total. The van der Waals surface area contributed by atoms with E-state index in [0.717, 1.165) is 11.1 Å². The zero-order valence-corrected chi connectivity index (χ0v) is 10.7. The predicted molar refractivity (Wildman–Crippen MR) is 75.2 cm³/mol. The molecular weight excluding hydrogens is 258 g/mol. The molecule has 1 aromatic heterocycles. The van der Waals surface area contributed by atoms with E-state index in [1.807, 2.05) is 19.1 Å². The summed E-state index contributed by atoms with van der Waals surface area (Å²) < 4.78 is 5.57. The zero-order chi connectivity index (χ0) is 14.3. The number of nitro groups is 1. The van der Waals surface area contributed by atoms with Crippen LogP contribution in [0.25, 0.3) is 22.6 Å². The van der Waals surface area contributed by atoms with Gasteiger partial charge in [0.25, 0.3) is 5.69 Å². The Labute approximate surface area is 114 Å². The largest absolute Gasteiger partial charge is 0.436 e. The lowest BCUT2D eigenvalue weighted by Crippen LogP contribution is -1.89. The van der Waals surface area contributed by atoms with E-state index in [2.05, 4.69) is 4.98 Å². The summed E-state index contributed by atoms with van der Waals surface area (Å²) in [5, 5.41) is 10.7. The van der Waals surface area contributed by atoms with Gasteiger partial charge in [-0.25, -0.2) is 4.98 Å². The highest BCUT2D eigenvalue weighted by Crippen LogP contribution is 2.28. The van der Waals surface area contributed by atoms with Crippen LogP contribution in [0.5, 0.6) is 0 Å². The number of aryl methyl sites for hydroxylation is 1. The monoisotopic (exact) mass is 269 g/mol. The number of hydrogen-bond acceptors (Lipinski definition) is 5. The van der Waals surface area contributed by atoms with E-state index < -0.39 is 4.92 Å². The highest BCUT2D eigenvalue weighted by Gasteiger charge is 2.13. The van der Waals surface area contributed by atoms with Crippen molar-refractivity contribution in [2.75, 3.05) is 5.73 Å². The van der Waals surface area contributed by atoms with Gasteiger partial charge in [0.2, 0.25) is 5.89 Å². The summed E-state index contributed by atoms with van der Waals surface area (Å²) in [7, 11) is 0. The summed E-state index contributed by atoms with van der Waals surface area (Å²) >= 11 is 0. The quantitative estimate of drug-likeness (QED) is 0.437. The minimum Gasteiger partial charge on any atom is -0.436 e. The molecule has 0 radical (unpaired) electrons. The van der Waals surface area contributed by atoms with Crippen LogP contribution >= 0.6 is 0 Å². The molecule has 0 aliphatic rings. The summed E-state index contributed by atoms with van der Waals surface area (Å²) in [6.45, 7) is 1.91. The Kier molecular flexibility index (Phi) is 2.64. The molecule has 2 N–H and O–H groups in total. The standard InChI is InChI=1S/C14H11N3O3/c1-8-2-3-9(6-11(8)15)14-16-12-5-4-10(17(18)19)7-13(12)20-14/h2-7H,15H2,1H3. The minimum atomic E-state index is -0.467. The molecule has 6 heteroatoms. The van der Waals surface area contributed by atoms with Crippen molar-refractivity contribution in [1.29, 1.82) is 0 Å². The van der Waals surface area contributed by atoms with E-state index in [0.29, 0.717) is 22.7 Å². The number of nitrogens with zero attached hydrogens (tertiary/aromatic N) is 2. The number of anilines is 1. The molecule has 0 fully saturated rings. The predicted octanol–water partition coefficient (Wildman–Crippen LogP) is 3.29. The van der Waals surface area contributed by atoms with Gasteiger partial charge in [0.15, 0.2) is 5.58 Å². The Morgan fingerprint density at radius 2 is 2.05 bits per heavy atom. The van der Waals surface area contributed by atoms with Crippen molar-refractivity contribution < 1.29 is 9.34 Å². The fourth-order valence-electron chi connectivity index (χ4n) is 1.92. The second-order valence-electron chi connectivity index (χ2n) is 4.50. The van der Waals surface area contributed by atoms with Crippen LogP contribution in [0.3, 0.4) is 0 Å². The molecule has 0 atom stereocenters. The van der Waals surface area contributed by atoms with Crippen LogP contribution in [0.15, 0.2) is 40.8 Å². The lowest BCUT2D eigenvalue weighted by Gasteiger charge is -2.00. The molecule has 3 aromatic rings. The molecule has 0 saturated heterocycles. The molecule has 0 unspecified atom stereocenters. The van der Waals surface area contributed by atoms with Gasteiger partial charge in [-0.2, -0.15) is 0 Å². The molecule has 20 heavy (non-hydrogen) atoms. The maximum atomic E-state index is 10.7. The molecule has 3 rings (SSSR count). The van der Waals surface area contributed by atoms with Crippen molar-refractivity contribution in [1.82, 2.24) is 4.98 Å². The smallest absolute Gasteiger partial charge is 0.273 e. The first-order valence-corrected chi connectivity index (χ1v) is 5.96. The number of nitro benzene ring substituents is 1. The number of nitrogens with two attached hydrogens (primary N) is 1. The van der Waals surface area contributed by atoms with E-state index in [1.165, 1.54) is 12.1 Å². The van der Waals surface area contributed by atoms with E-state index in [9.17, 15) is 10.1 Å². The van der Waals surface area contributed by atoms with Crippen LogP contribution in [0.1, 0.15) is 5.56 Å². The normalized spacial score (nSPS) is 10.8. The third-order valence-electron chi connectivity index (χ3n) is 3.11. The SMILES string of the molecule is Cc1ccc(-c2nc3ccc([N+](=O)[O-])cc3o2)cc1N. The molecule has 0 saturated carbocycles. The molecule has 0 aliphatic heterocycles. The molecule has 0 amide bonds. The van der Waals surface area contributed by atoms with Gasteiger partial charge in [0.1, 0.15) is 5.52 Å². The minimum absolute atomic E-state index is 0.0244. The fourth-order valence-corrected chi connectivity index (χ4v) is 1.92. The van der Waals surface area contributed by atoms with E-state index in [1.54, 1.807) is 12.1 Å². The van der Waals surface area contributed by atoms with E-state index >= 15 is 0 Å². The first-order chi connectivity index (χ1) is 9.54. The maximum absolute atomic E-state index is 10.7. The Hall–Kier alpha value is -2.89. The second kappa shape index (κ2) is 4.34. The number of non-ortho nitro benzene ring substituents is 1. The van der Waals surface area contributed by atoms with Crippen LogP contribution in [0.4, 0.5) is 11.4 Å². The van der Waals surface area contributed by atoms with Gasteiger partial charge < -0.3 is 10.2 Å². The van der Waals surface area contributed by atoms with Crippen LogP contribution in [-0.2, 0) is 0 Å². The number of rotatable bonds is 2. The first-order valence-electron chi connectivity index (χ1n) is 5.96. The van der Waals surface area contributed by atoms with E-state index in [-0.39, 0.29) is 5.69 Å². The summed E-state index contributed by atoms with van der Waals surface area (Å²) in [5.41, 5.74) is 9.15. The Bertz CT molecular complexity index is 824. The molecular formula is C14H11N3O3. The highest BCUT2D eigenvalue weighted by molar-refractivity contribution is 5.79. The number of benzene rings is 2. The zero-order valence-electron chi connectivity index (χ0n) is 10.7. The van der Waals surface area contributed by atoms with Crippen molar-refractivity contribution in [3.05, 3.63) is 52.1 Å². The lowest BCUT2D eigenvalue weighted by molar-refractivity contribution is -0.384. The third-order valence-corrected chi connectivity index (χ3v) is 3.11. The molecule has 0 bridgehead atoms. The number of aromatic nitrogens is 1. The highest BCUT2D eigenvalue weighted by atomic mass is 16.6. The van der Waals surface area contributed by atoms with Crippen LogP contribution in [0, 0.1) is 17.0 Å². The number of hydrogen-bond donors (Lipinski definition) is 1. The fraction of sp³-hybridized carbons (Fsp3) is 0.0714. The van der Waals surface area contributed by atoms with Gasteiger partial charge in [0.05, 0.1) is 11.0 Å². The van der Waals surface area contributed by atoms with Crippen molar-refractivity contribution >= 4 is 22.5 Å².